The molecule has 0 saturated carbocycles. The topological polar surface area (TPSA) is 68.1 Å². The molecule has 0 bridgehead atoms. The van der Waals surface area contributed by atoms with E-state index in [0.29, 0.717) is 13.1 Å². The minimum atomic E-state index is -3.13. The van der Waals surface area contributed by atoms with Gasteiger partial charge in [0.05, 0.1) is 12.3 Å². The van der Waals surface area contributed by atoms with Crippen molar-refractivity contribution in [2.75, 3.05) is 18.8 Å². The van der Waals surface area contributed by atoms with Crippen LogP contribution < -0.4 is 0 Å². The molecule has 0 spiro atoms. The molecule has 1 aromatic rings. The van der Waals surface area contributed by atoms with E-state index in [0.717, 1.165) is 30.1 Å². The van der Waals surface area contributed by atoms with Gasteiger partial charge in [-0.25, -0.2) is 8.42 Å². The normalized spacial score (nSPS) is 16.9. The summed E-state index contributed by atoms with van der Waals surface area (Å²) < 4.78 is 25.0. The van der Waals surface area contributed by atoms with Crippen molar-refractivity contribution in [3.05, 3.63) is 23.6 Å². The third-order valence-electron chi connectivity index (χ3n) is 3.45. The lowest BCUT2D eigenvalue weighted by Crippen LogP contribution is -2.38. The fourth-order valence-corrected chi connectivity index (χ4v) is 2.97. The first-order valence-electron chi connectivity index (χ1n) is 6.73. The molecule has 1 aliphatic rings. The second-order valence-corrected chi connectivity index (χ2v) is 8.22. The number of nitrogens with zero attached hydrogens (tertiary/aromatic N) is 4. The highest BCUT2D eigenvalue weighted by Gasteiger charge is 2.27. The highest BCUT2D eigenvalue weighted by atomic mass is 32.2. The van der Waals surface area contributed by atoms with E-state index in [-0.39, 0.29) is 11.2 Å². The monoisotopic (exact) mass is 298 g/mol. The van der Waals surface area contributed by atoms with E-state index in [1.165, 1.54) is 0 Å². The molecule has 112 valence electrons. The van der Waals surface area contributed by atoms with Gasteiger partial charge in [0.25, 0.3) is 0 Å². The van der Waals surface area contributed by atoms with Gasteiger partial charge in [0.1, 0.15) is 11.6 Å². The van der Waals surface area contributed by atoms with Crippen molar-refractivity contribution in [2.24, 2.45) is 0 Å². The molecule has 1 aromatic heterocycles. The van der Waals surface area contributed by atoms with Gasteiger partial charge in [-0.05, 0) is 0 Å². The van der Waals surface area contributed by atoms with E-state index >= 15 is 0 Å². The third-order valence-corrected chi connectivity index (χ3v) is 4.71. The van der Waals surface area contributed by atoms with Crippen molar-refractivity contribution in [1.29, 1.82) is 0 Å². The van der Waals surface area contributed by atoms with Crippen LogP contribution in [0.2, 0.25) is 0 Å². The van der Waals surface area contributed by atoms with Gasteiger partial charge in [0.2, 0.25) is 0 Å². The molecule has 0 aromatic carbocycles. The Balaban J connectivity index is 2.06. The van der Waals surface area contributed by atoms with Crippen LogP contribution >= 0.6 is 0 Å². The van der Waals surface area contributed by atoms with E-state index < -0.39 is 9.84 Å². The summed E-state index contributed by atoms with van der Waals surface area (Å²) in [5, 5.41) is 9.55. The number of fused-ring (bicyclic) bond motifs is 1. The Hall–Kier alpha value is -1.21. The van der Waals surface area contributed by atoms with Crippen molar-refractivity contribution in [2.45, 2.75) is 39.3 Å². The summed E-state index contributed by atoms with van der Waals surface area (Å²) in [5.41, 5.74) is -0.0282. The molecule has 1 aliphatic heterocycles. The second kappa shape index (κ2) is 5.29. The third kappa shape index (κ3) is 3.27. The zero-order valence-electron chi connectivity index (χ0n) is 12.3. The van der Waals surface area contributed by atoms with Crippen LogP contribution in [0.5, 0.6) is 0 Å². The summed E-state index contributed by atoms with van der Waals surface area (Å²) in [5.74, 6) is 2.01. The lowest BCUT2D eigenvalue weighted by Gasteiger charge is -2.29. The van der Waals surface area contributed by atoms with Crippen LogP contribution in [0, 0.1) is 0 Å². The lowest BCUT2D eigenvalue weighted by atomic mass is 9.95. The molecule has 0 radical (unpaired) electrons. The van der Waals surface area contributed by atoms with Crippen LogP contribution in [0.4, 0.5) is 0 Å². The molecule has 7 heteroatoms. The van der Waals surface area contributed by atoms with Gasteiger partial charge < -0.3 is 4.57 Å². The fourth-order valence-electron chi connectivity index (χ4n) is 2.29. The van der Waals surface area contributed by atoms with E-state index in [9.17, 15) is 8.42 Å². The van der Waals surface area contributed by atoms with Gasteiger partial charge in [-0.2, -0.15) is 0 Å². The SMILES string of the molecule is C=CS(=O)(=O)CCN1CCn2c(nnc2C(C)(C)C)C1. The standard InChI is InChI=1S/C13H22N4O2S/c1-5-20(18,19)9-8-16-6-7-17-11(10-16)14-15-12(17)13(2,3)4/h5H,1,6-10H2,2-4H3. The zero-order chi connectivity index (χ0) is 15.0. The molecule has 6 nitrogen and oxygen atoms in total. The van der Waals surface area contributed by atoms with Gasteiger partial charge in [0, 0.05) is 30.5 Å². The lowest BCUT2D eigenvalue weighted by molar-refractivity contribution is 0.224. The molecule has 0 fully saturated rings. The van der Waals surface area contributed by atoms with E-state index in [4.69, 9.17) is 0 Å². The maximum atomic E-state index is 11.4. The van der Waals surface area contributed by atoms with Crippen LogP contribution in [0.25, 0.3) is 0 Å². The number of sulfone groups is 1. The minimum absolute atomic E-state index is 0.0282. The number of rotatable bonds is 4. The zero-order valence-corrected chi connectivity index (χ0v) is 13.2. The smallest absolute Gasteiger partial charge is 0.172 e. The minimum Gasteiger partial charge on any atom is -0.312 e. The molecule has 0 amide bonds. The first-order valence-corrected chi connectivity index (χ1v) is 8.44. The molecule has 20 heavy (non-hydrogen) atoms. The Bertz CT molecular complexity index is 598. The summed E-state index contributed by atoms with van der Waals surface area (Å²) >= 11 is 0. The highest BCUT2D eigenvalue weighted by molar-refractivity contribution is 7.94. The predicted molar refractivity (Wildman–Crippen MR) is 78.0 cm³/mol. The quantitative estimate of drug-likeness (QED) is 0.828. The number of hydrogen-bond donors (Lipinski definition) is 0. The van der Waals surface area contributed by atoms with Crippen molar-refractivity contribution in [3.63, 3.8) is 0 Å². The Morgan fingerprint density at radius 1 is 1.30 bits per heavy atom. The first kappa shape index (κ1) is 15.2. The molecular formula is C13H22N4O2S. The van der Waals surface area contributed by atoms with E-state index in [1.54, 1.807) is 0 Å². The average molecular weight is 298 g/mol. The maximum absolute atomic E-state index is 11.4. The van der Waals surface area contributed by atoms with Crippen molar-refractivity contribution in [1.82, 2.24) is 19.7 Å². The van der Waals surface area contributed by atoms with Crippen molar-refractivity contribution < 1.29 is 8.42 Å². The largest absolute Gasteiger partial charge is 0.312 e. The van der Waals surface area contributed by atoms with E-state index in [2.05, 4.69) is 47.0 Å². The number of aromatic nitrogens is 3. The first-order chi connectivity index (χ1) is 9.23. The molecule has 0 saturated heterocycles. The van der Waals surface area contributed by atoms with Gasteiger partial charge in [0.15, 0.2) is 9.84 Å². The molecule has 0 unspecified atom stereocenters. The summed E-state index contributed by atoms with van der Waals surface area (Å²) in [6, 6.07) is 0. The van der Waals surface area contributed by atoms with Crippen molar-refractivity contribution >= 4 is 9.84 Å². The summed E-state index contributed by atoms with van der Waals surface area (Å²) in [7, 11) is -3.13. The fraction of sp³-hybridized carbons (Fsp3) is 0.692. The van der Waals surface area contributed by atoms with Gasteiger partial charge in [-0.15, -0.1) is 10.2 Å². The molecular weight excluding hydrogens is 276 g/mol. The average Bonchev–Trinajstić information content (AvgIpc) is 2.79. The van der Waals surface area contributed by atoms with Gasteiger partial charge >= 0.3 is 0 Å². The summed E-state index contributed by atoms with van der Waals surface area (Å²) in [4.78, 5) is 2.09. The summed E-state index contributed by atoms with van der Waals surface area (Å²) in [6.07, 6.45) is 0. The summed E-state index contributed by atoms with van der Waals surface area (Å²) in [6.45, 7) is 12.5. The van der Waals surface area contributed by atoms with Gasteiger partial charge in [-0.3, -0.25) is 4.90 Å². The molecule has 2 rings (SSSR count). The second-order valence-electron chi connectivity index (χ2n) is 6.15. The molecule has 2 heterocycles. The molecule has 0 aliphatic carbocycles. The molecule has 0 atom stereocenters. The predicted octanol–water partition coefficient (Wildman–Crippen LogP) is 0.949. The van der Waals surface area contributed by atoms with Crippen LogP contribution in [-0.4, -0.2) is 46.9 Å². The van der Waals surface area contributed by atoms with Crippen LogP contribution in [0.3, 0.4) is 0 Å². The highest BCUT2D eigenvalue weighted by Crippen LogP contribution is 2.23. The number of hydrogen-bond acceptors (Lipinski definition) is 5. The van der Waals surface area contributed by atoms with Crippen molar-refractivity contribution in [3.8, 4) is 0 Å². The Morgan fingerprint density at radius 2 is 2.00 bits per heavy atom. The van der Waals surface area contributed by atoms with Gasteiger partial charge in [-0.1, -0.05) is 27.4 Å². The van der Waals surface area contributed by atoms with Crippen LogP contribution in [0.15, 0.2) is 12.0 Å². The Kier molecular flexibility index (Phi) is 4.02. The van der Waals surface area contributed by atoms with Crippen LogP contribution in [0.1, 0.15) is 32.4 Å². The maximum Gasteiger partial charge on any atom is 0.172 e. The van der Waals surface area contributed by atoms with Crippen LogP contribution in [-0.2, 0) is 28.3 Å². The molecule has 0 N–H and O–H groups in total. The Labute approximate surface area is 120 Å². The van der Waals surface area contributed by atoms with E-state index in [1.807, 2.05) is 0 Å². The Morgan fingerprint density at radius 3 is 2.60 bits per heavy atom.